The van der Waals surface area contributed by atoms with Crippen LogP contribution in [0, 0.1) is 0 Å². The number of aromatic nitrogens is 4. The summed E-state index contributed by atoms with van der Waals surface area (Å²) in [6.45, 7) is 0. The van der Waals surface area contributed by atoms with Crippen molar-refractivity contribution < 1.29 is 78.9 Å². The Morgan fingerprint density at radius 3 is 0.911 bits per heavy atom. The maximum atomic E-state index is 11.7. The third-order valence-electron chi connectivity index (χ3n) is 9.70. The number of benzene rings is 4. The fourth-order valence-corrected chi connectivity index (χ4v) is 7.18. The summed E-state index contributed by atoms with van der Waals surface area (Å²) in [4.78, 5) is 41.1. The molecule has 2 N–H and O–H groups in total. The Morgan fingerprint density at radius 1 is 0.375 bits per heavy atom. The molecule has 10 heteroatoms. The van der Waals surface area contributed by atoms with E-state index in [0.717, 1.165) is 78.0 Å². The molecule has 0 amide bonds. The molecule has 8 nitrogen and oxygen atoms in total. The monoisotopic (exact) mass is 746 g/mol. The van der Waals surface area contributed by atoms with Gasteiger partial charge in [0.2, 0.25) is 0 Å². The minimum Gasteiger partial charge on any atom is -0.545 e. The van der Waals surface area contributed by atoms with Gasteiger partial charge in [0.25, 0.3) is 0 Å². The van der Waals surface area contributed by atoms with Crippen molar-refractivity contribution in [3.63, 3.8) is 0 Å². The zero-order valence-corrected chi connectivity index (χ0v) is 34.5. The van der Waals surface area contributed by atoms with Crippen molar-refractivity contribution in [3.8, 4) is 44.5 Å². The van der Waals surface area contributed by atoms with E-state index in [1.54, 1.807) is 48.5 Å². The van der Waals surface area contributed by atoms with Crippen molar-refractivity contribution in [1.29, 1.82) is 0 Å². The van der Waals surface area contributed by atoms with Crippen LogP contribution >= 0.6 is 0 Å². The van der Waals surface area contributed by atoms with Crippen LogP contribution < -0.4 is 69.3 Å². The number of carboxylic acids is 2. The predicted molar refractivity (Wildman–Crippen MR) is 209 cm³/mol. The van der Waals surface area contributed by atoms with Crippen molar-refractivity contribution in [3.05, 3.63) is 167 Å². The largest absolute Gasteiger partial charge is 1.00 e. The number of hydrogen-bond donors (Lipinski definition) is 2. The van der Waals surface area contributed by atoms with Gasteiger partial charge < -0.3 is 29.8 Å². The van der Waals surface area contributed by atoms with E-state index in [-0.39, 0.29) is 70.2 Å². The van der Waals surface area contributed by atoms with Gasteiger partial charge in [0.1, 0.15) is 0 Å². The first-order chi connectivity index (χ1) is 26.4. The van der Waals surface area contributed by atoms with Crippen molar-refractivity contribution >= 4 is 58.3 Å². The fourth-order valence-electron chi connectivity index (χ4n) is 7.18. The minimum absolute atomic E-state index is 0. The van der Waals surface area contributed by atoms with E-state index in [1.807, 2.05) is 109 Å². The standard InChI is InChI=1S/C46H30N4O4.2Na/c51-45(52)31-15-11-29(12-16-31)43-37-23-19-33(47-37)41(27-7-3-1-4-8-27)34-20-24-38(48-34)44(30-13-17-32(18-14-30)46(53)54)40-26-22-36(50-40)42(28-9-5-2-6-10-28)35-21-25-39(43)49-35;;/h1-26,47,50H,(H,51,52)(H,53,54);;/q;2*+1/p-2. The van der Waals surface area contributed by atoms with Gasteiger partial charge in [-0.1, -0.05) is 109 Å². The molecule has 5 heterocycles. The fraction of sp³-hybridized carbons (Fsp3) is 0. The molecule has 258 valence electrons. The van der Waals surface area contributed by atoms with Crippen LogP contribution in [0.25, 0.3) is 90.9 Å². The van der Waals surface area contributed by atoms with Crippen LogP contribution in [-0.4, -0.2) is 31.9 Å². The quantitative estimate of drug-likeness (QED) is 0.250. The van der Waals surface area contributed by atoms with Gasteiger partial charge in [0, 0.05) is 44.3 Å². The van der Waals surface area contributed by atoms with Crippen LogP contribution in [0.5, 0.6) is 0 Å². The number of fused-ring (bicyclic) bond motifs is 8. The van der Waals surface area contributed by atoms with Gasteiger partial charge >= 0.3 is 59.1 Å². The number of H-pyrrole nitrogens is 2. The zero-order valence-electron chi connectivity index (χ0n) is 30.5. The number of hydrogen-bond acceptors (Lipinski definition) is 6. The van der Waals surface area contributed by atoms with Gasteiger partial charge in [-0.2, -0.15) is 0 Å². The molecular formula is C46H28N4Na2O4. The number of nitrogens with one attached hydrogen (secondary N) is 2. The molecule has 0 aliphatic carbocycles. The van der Waals surface area contributed by atoms with Gasteiger partial charge in [-0.25, -0.2) is 9.97 Å². The Hall–Kier alpha value is -5.58. The van der Waals surface area contributed by atoms with E-state index in [1.165, 1.54) is 0 Å². The first-order valence-electron chi connectivity index (χ1n) is 17.3. The molecule has 9 rings (SSSR count). The maximum Gasteiger partial charge on any atom is 1.00 e. The third-order valence-corrected chi connectivity index (χ3v) is 9.70. The summed E-state index contributed by atoms with van der Waals surface area (Å²) in [5.41, 5.74) is 13.0. The second-order valence-corrected chi connectivity index (χ2v) is 13.0. The number of carbonyl (C=O) groups excluding carboxylic acids is 2. The molecule has 56 heavy (non-hydrogen) atoms. The molecule has 0 saturated carbocycles. The molecule has 0 fully saturated rings. The molecule has 7 aromatic rings. The number of carbonyl (C=O) groups is 2. The molecule has 3 aromatic heterocycles. The number of carboxylic acid groups (broad SMARTS) is 2. The Kier molecular flexibility index (Phi) is 11.2. The molecule has 0 atom stereocenters. The Bertz CT molecular complexity index is 2660. The molecule has 0 radical (unpaired) electrons. The van der Waals surface area contributed by atoms with E-state index < -0.39 is 11.9 Å². The van der Waals surface area contributed by atoms with Crippen molar-refractivity contribution in [2.24, 2.45) is 0 Å². The molecule has 4 aromatic carbocycles. The molecule has 2 aliphatic rings. The third kappa shape index (κ3) is 7.27. The maximum absolute atomic E-state index is 11.7. The van der Waals surface area contributed by atoms with Crippen LogP contribution in [0.15, 0.2) is 133 Å². The average molecular weight is 747 g/mol. The molecule has 8 bridgehead atoms. The van der Waals surface area contributed by atoms with Crippen LogP contribution in [0.4, 0.5) is 0 Å². The van der Waals surface area contributed by atoms with Crippen molar-refractivity contribution in [1.82, 2.24) is 19.9 Å². The van der Waals surface area contributed by atoms with Crippen molar-refractivity contribution in [2.75, 3.05) is 0 Å². The van der Waals surface area contributed by atoms with Gasteiger partial charge in [-0.15, -0.1) is 0 Å². The number of aromatic carboxylic acids is 2. The first kappa shape index (κ1) is 38.7. The average Bonchev–Trinajstić information content (AvgIpc) is 4.04. The van der Waals surface area contributed by atoms with Crippen LogP contribution in [0.1, 0.15) is 43.5 Å². The summed E-state index contributed by atoms with van der Waals surface area (Å²) in [6.07, 6.45) is 7.94. The Balaban J connectivity index is 0.00000240. The van der Waals surface area contributed by atoms with Crippen LogP contribution in [-0.2, 0) is 0 Å². The summed E-state index contributed by atoms with van der Waals surface area (Å²) in [5, 5.41) is 23.3. The topological polar surface area (TPSA) is 138 Å². The van der Waals surface area contributed by atoms with Crippen molar-refractivity contribution in [2.45, 2.75) is 0 Å². The van der Waals surface area contributed by atoms with E-state index >= 15 is 0 Å². The SMILES string of the molecule is O=C([O-])c1ccc(-c2c3nc(c(-c4ccccc4)c4ccc([nH]4)c(-c4ccc(C(=O)[O-])cc4)c4nc(c(-c5ccccc5)c5ccc2[nH]5)C=C4)C=C3)cc1.[Na+].[Na+]. The molecule has 0 spiro atoms. The van der Waals surface area contributed by atoms with E-state index in [0.29, 0.717) is 11.4 Å². The summed E-state index contributed by atoms with van der Waals surface area (Å²) in [5.74, 6) is -2.49. The second-order valence-electron chi connectivity index (χ2n) is 13.0. The van der Waals surface area contributed by atoms with Gasteiger partial charge in [0.15, 0.2) is 0 Å². The predicted octanol–water partition coefficient (Wildman–Crippen LogP) is 2.06. The van der Waals surface area contributed by atoms with Crippen LogP contribution in [0.2, 0.25) is 0 Å². The number of nitrogens with zero attached hydrogens (tertiary/aromatic N) is 2. The van der Waals surface area contributed by atoms with Gasteiger partial charge in [-0.05, 0) is 82.0 Å². The number of aromatic amines is 2. The van der Waals surface area contributed by atoms with E-state index in [4.69, 9.17) is 9.97 Å². The minimum atomic E-state index is -1.24. The molecular weight excluding hydrogens is 719 g/mol. The summed E-state index contributed by atoms with van der Waals surface area (Å²) in [7, 11) is 0. The second kappa shape index (κ2) is 16.3. The Labute approximate surface area is 366 Å². The summed E-state index contributed by atoms with van der Waals surface area (Å²) in [6, 6.07) is 41.4. The first-order valence-corrected chi connectivity index (χ1v) is 17.3. The summed E-state index contributed by atoms with van der Waals surface area (Å²) < 4.78 is 0. The van der Waals surface area contributed by atoms with Gasteiger partial charge in [0.05, 0.1) is 34.7 Å². The number of rotatable bonds is 6. The van der Waals surface area contributed by atoms with Crippen LogP contribution in [0.3, 0.4) is 0 Å². The van der Waals surface area contributed by atoms with E-state index in [9.17, 15) is 19.8 Å². The summed E-state index contributed by atoms with van der Waals surface area (Å²) >= 11 is 0. The molecule has 0 saturated heterocycles. The zero-order chi connectivity index (χ0) is 36.8. The molecule has 2 aliphatic heterocycles. The molecule has 0 unspecified atom stereocenters. The van der Waals surface area contributed by atoms with Gasteiger partial charge in [-0.3, -0.25) is 0 Å². The smallest absolute Gasteiger partial charge is 0.545 e. The Morgan fingerprint density at radius 2 is 0.643 bits per heavy atom. The normalized spacial score (nSPS) is 11.4. The van der Waals surface area contributed by atoms with E-state index in [2.05, 4.69) is 9.97 Å².